The van der Waals surface area contributed by atoms with Gasteiger partial charge in [-0.15, -0.1) is 0 Å². The van der Waals surface area contributed by atoms with E-state index in [1.54, 1.807) is 12.1 Å². The van der Waals surface area contributed by atoms with E-state index in [4.69, 9.17) is 18.0 Å². The lowest BCUT2D eigenvalue weighted by atomic mass is 10.1. The van der Waals surface area contributed by atoms with Crippen molar-refractivity contribution in [3.63, 3.8) is 0 Å². The monoisotopic (exact) mass is 312 g/mol. The smallest absolute Gasteiger partial charge is 0.255 e. The van der Waals surface area contributed by atoms with E-state index >= 15 is 0 Å². The number of nitrogens with two attached hydrogens (primary N) is 1. The molecule has 2 aromatic rings. The van der Waals surface area contributed by atoms with Gasteiger partial charge in [-0.2, -0.15) is 5.10 Å². The van der Waals surface area contributed by atoms with Gasteiger partial charge in [-0.25, -0.2) is 0 Å². The van der Waals surface area contributed by atoms with E-state index in [2.05, 4.69) is 15.8 Å². The van der Waals surface area contributed by atoms with Crippen molar-refractivity contribution in [2.24, 2.45) is 10.8 Å². The fourth-order valence-corrected chi connectivity index (χ4v) is 1.84. The van der Waals surface area contributed by atoms with Crippen LogP contribution in [-0.2, 0) is 0 Å². The third-order valence-electron chi connectivity index (χ3n) is 2.93. The van der Waals surface area contributed by atoms with E-state index in [1.165, 1.54) is 0 Å². The zero-order chi connectivity index (χ0) is 15.9. The number of hydrogen-bond donors (Lipinski definition) is 3. The maximum Gasteiger partial charge on any atom is 0.255 e. The third-order valence-corrected chi connectivity index (χ3v) is 3.02. The molecular weight excluding hydrogens is 296 g/mol. The van der Waals surface area contributed by atoms with Crippen LogP contribution in [0.5, 0.6) is 0 Å². The number of anilines is 1. The molecule has 0 saturated carbocycles. The number of nitrogens with one attached hydrogen (secondary N) is 2. The Hall–Kier alpha value is -2.73. The number of amides is 1. The number of benzene rings is 2. The molecule has 0 heterocycles. The van der Waals surface area contributed by atoms with Crippen LogP contribution in [0.15, 0.2) is 59.7 Å². The molecule has 0 aromatic heterocycles. The van der Waals surface area contributed by atoms with E-state index in [0.717, 1.165) is 11.3 Å². The highest BCUT2D eigenvalue weighted by molar-refractivity contribution is 7.80. The van der Waals surface area contributed by atoms with Gasteiger partial charge in [-0.05, 0) is 49.0 Å². The summed E-state index contributed by atoms with van der Waals surface area (Å²) < 4.78 is 0. The molecule has 5 nitrogen and oxygen atoms in total. The summed E-state index contributed by atoms with van der Waals surface area (Å²) in [7, 11) is 0. The van der Waals surface area contributed by atoms with Crippen LogP contribution in [0.4, 0.5) is 5.69 Å². The SMILES string of the molecule is CC(=NNC(N)=S)c1ccc(NC(=O)c2ccccc2)cc1. The first-order valence-electron chi connectivity index (χ1n) is 6.63. The average Bonchev–Trinajstić information content (AvgIpc) is 2.54. The van der Waals surface area contributed by atoms with Crippen molar-refractivity contribution in [3.05, 3.63) is 65.7 Å². The molecule has 22 heavy (non-hydrogen) atoms. The summed E-state index contributed by atoms with van der Waals surface area (Å²) in [5.74, 6) is -0.145. The van der Waals surface area contributed by atoms with Crippen molar-refractivity contribution in [1.29, 1.82) is 0 Å². The fourth-order valence-electron chi connectivity index (χ4n) is 1.79. The summed E-state index contributed by atoms with van der Waals surface area (Å²) in [6, 6.07) is 16.4. The summed E-state index contributed by atoms with van der Waals surface area (Å²) in [4.78, 5) is 12.0. The molecule has 6 heteroatoms. The number of hydrogen-bond acceptors (Lipinski definition) is 3. The minimum Gasteiger partial charge on any atom is -0.375 e. The van der Waals surface area contributed by atoms with E-state index < -0.39 is 0 Å². The Morgan fingerprint density at radius 3 is 2.27 bits per heavy atom. The first-order chi connectivity index (χ1) is 10.6. The van der Waals surface area contributed by atoms with Crippen molar-refractivity contribution in [2.45, 2.75) is 6.92 Å². The Kier molecular flexibility index (Phi) is 5.21. The van der Waals surface area contributed by atoms with Crippen LogP contribution >= 0.6 is 12.2 Å². The Bertz CT molecular complexity index is 696. The van der Waals surface area contributed by atoms with Gasteiger partial charge >= 0.3 is 0 Å². The zero-order valence-corrected chi connectivity index (χ0v) is 12.9. The number of nitrogens with zero attached hydrogens (tertiary/aromatic N) is 1. The second-order valence-corrected chi connectivity index (χ2v) is 5.01. The molecule has 112 valence electrons. The van der Waals surface area contributed by atoms with Crippen LogP contribution in [0.3, 0.4) is 0 Å². The fraction of sp³-hybridized carbons (Fsp3) is 0.0625. The number of hydrazone groups is 1. The van der Waals surface area contributed by atoms with Gasteiger partial charge in [0, 0.05) is 11.3 Å². The second-order valence-electron chi connectivity index (χ2n) is 4.57. The zero-order valence-electron chi connectivity index (χ0n) is 12.0. The molecule has 1 amide bonds. The number of carbonyl (C=O) groups excluding carboxylic acids is 1. The third kappa shape index (κ3) is 4.39. The lowest BCUT2D eigenvalue weighted by Crippen LogP contribution is -2.25. The lowest BCUT2D eigenvalue weighted by molar-refractivity contribution is 0.102. The van der Waals surface area contributed by atoms with Crippen molar-refractivity contribution in [1.82, 2.24) is 5.43 Å². The molecule has 2 aromatic carbocycles. The molecule has 0 aliphatic heterocycles. The van der Waals surface area contributed by atoms with Crippen LogP contribution in [0, 0.1) is 0 Å². The van der Waals surface area contributed by atoms with E-state index in [9.17, 15) is 4.79 Å². The highest BCUT2D eigenvalue weighted by atomic mass is 32.1. The second kappa shape index (κ2) is 7.33. The first-order valence-corrected chi connectivity index (χ1v) is 7.03. The molecule has 0 aliphatic carbocycles. The van der Waals surface area contributed by atoms with Gasteiger partial charge in [0.2, 0.25) is 0 Å². The molecule has 4 N–H and O–H groups in total. The lowest BCUT2D eigenvalue weighted by Gasteiger charge is -2.07. The van der Waals surface area contributed by atoms with Gasteiger partial charge in [0.05, 0.1) is 5.71 Å². The minimum atomic E-state index is -0.145. The molecule has 0 spiro atoms. The Labute approximate surface area is 134 Å². The average molecular weight is 312 g/mol. The standard InChI is InChI=1S/C16H16N4OS/c1-11(19-20-16(17)22)12-7-9-14(10-8-12)18-15(21)13-5-3-2-4-6-13/h2-10H,1H3,(H,18,21)(H3,17,20,22). The van der Waals surface area contributed by atoms with E-state index in [0.29, 0.717) is 11.3 Å². The maximum atomic E-state index is 12.0. The van der Waals surface area contributed by atoms with Crippen molar-refractivity contribution in [2.75, 3.05) is 5.32 Å². The van der Waals surface area contributed by atoms with Gasteiger partial charge < -0.3 is 11.1 Å². The van der Waals surface area contributed by atoms with Crippen LogP contribution in [0.25, 0.3) is 0 Å². The van der Waals surface area contributed by atoms with Crippen molar-refractivity contribution < 1.29 is 4.79 Å². The van der Waals surface area contributed by atoms with Gasteiger partial charge in [0.25, 0.3) is 5.91 Å². The summed E-state index contributed by atoms with van der Waals surface area (Å²) in [6.45, 7) is 1.84. The Balaban J connectivity index is 2.05. The van der Waals surface area contributed by atoms with Crippen LogP contribution in [0.1, 0.15) is 22.8 Å². The molecule has 0 unspecified atom stereocenters. The van der Waals surface area contributed by atoms with Crippen molar-refractivity contribution in [3.8, 4) is 0 Å². The molecule has 0 aliphatic rings. The summed E-state index contributed by atoms with van der Waals surface area (Å²) in [5.41, 5.74) is 10.8. The normalized spacial score (nSPS) is 10.9. The predicted molar refractivity (Wildman–Crippen MR) is 93.0 cm³/mol. The van der Waals surface area contributed by atoms with E-state index in [-0.39, 0.29) is 11.0 Å². The van der Waals surface area contributed by atoms with Crippen LogP contribution < -0.4 is 16.5 Å². The number of rotatable bonds is 4. The largest absolute Gasteiger partial charge is 0.375 e. The van der Waals surface area contributed by atoms with Gasteiger partial charge in [-0.1, -0.05) is 30.3 Å². The van der Waals surface area contributed by atoms with Gasteiger partial charge in [0.15, 0.2) is 5.11 Å². The molecule has 0 saturated heterocycles. The number of carbonyl (C=O) groups is 1. The Morgan fingerprint density at radius 2 is 1.68 bits per heavy atom. The molecule has 0 radical (unpaired) electrons. The minimum absolute atomic E-state index is 0.117. The maximum absolute atomic E-state index is 12.0. The first kappa shape index (κ1) is 15.7. The molecule has 0 fully saturated rings. The highest BCUT2D eigenvalue weighted by Crippen LogP contribution is 2.12. The van der Waals surface area contributed by atoms with Crippen LogP contribution in [-0.4, -0.2) is 16.7 Å². The topological polar surface area (TPSA) is 79.5 Å². The predicted octanol–water partition coefficient (Wildman–Crippen LogP) is 2.50. The molecule has 0 atom stereocenters. The Morgan fingerprint density at radius 1 is 1.05 bits per heavy atom. The summed E-state index contributed by atoms with van der Waals surface area (Å²) in [5, 5.41) is 7.00. The quantitative estimate of drug-likeness (QED) is 0.460. The number of thiocarbonyl (C=S) groups is 1. The highest BCUT2D eigenvalue weighted by Gasteiger charge is 2.05. The van der Waals surface area contributed by atoms with Crippen molar-refractivity contribution >= 4 is 34.6 Å². The van der Waals surface area contributed by atoms with Gasteiger partial charge in [0.1, 0.15) is 0 Å². The van der Waals surface area contributed by atoms with Crippen LogP contribution in [0.2, 0.25) is 0 Å². The summed E-state index contributed by atoms with van der Waals surface area (Å²) in [6.07, 6.45) is 0. The molecule has 0 bridgehead atoms. The molecule has 2 rings (SSSR count). The van der Waals surface area contributed by atoms with Gasteiger partial charge in [-0.3, -0.25) is 10.2 Å². The van der Waals surface area contributed by atoms with E-state index in [1.807, 2.05) is 49.4 Å². The summed E-state index contributed by atoms with van der Waals surface area (Å²) >= 11 is 4.69. The molecular formula is C16H16N4OS.